The van der Waals surface area contributed by atoms with Crippen LogP contribution in [0.2, 0.25) is 10.0 Å². The molecule has 2 aromatic rings. The van der Waals surface area contributed by atoms with Crippen LogP contribution in [-0.2, 0) is 22.2 Å². The van der Waals surface area contributed by atoms with E-state index in [0.29, 0.717) is 23.6 Å². The van der Waals surface area contributed by atoms with Gasteiger partial charge in [0.25, 0.3) is 0 Å². The average Bonchev–Trinajstić information content (AvgIpc) is 3.09. The van der Waals surface area contributed by atoms with Crippen LogP contribution < -0.4 is 0 Å². The van der Waals surface area contributed by atoms with E-state index >= 15 is 0 Å². The van der Waals surface area contributed by atoms with Crippen molar-refractivity contribution in [2.75, 3.05) is 18.8 Å². The van der Waals surface area contributed by atoms with Crippen LogP contribution >= 0.6 is 23.2 Å². The first-order chi connectivity index (χ1) is 11.3. The summed E-state index contributed by atoms with van der Waals surface area (Å²) in [6.45, 7) is 0.268. The average molecular weight is 391 g/mol. The molecule has 0 saturated carbocycles. The van der Waals surface area contributed by atoms with Gasteiger partial charge in [-0.25, -0.2) is 18.1 Å². The Morgan fingerprint density at radius 1 is 1.29 bits per heavy atom. The van der Waals surface area contributed by atoms with Gasteiger partial charge >= 0.3 is 0 Å². The van der Waals surface area contributed by atoms with E-state index in [1.54, 1.807) is 12.1 Å². The number of hydrogen-bond acceptors (Lipinski definition) is 5. The molecule has 1 atom stereocenters. The molecule has 0 radical (unpaired) electrons. The van der Waals surface area contributed by atoms with Crippen LogP contribution in [0.4, 0.5) is 0 Å². The Morgan fingerprint density at radius 2 is 2.08 bits per heavy atom. The fourth-order valence-corrected chi connectivity index (χ4v) is 4.98. The van der Waals surface area contributed by atoms with Gasteiger partial charge in [-0.1, -0.05) is 29.3 Å². The van der Waals surface area contributed by atoms with E-state index in [1.807, 2.05) is 0 Å². The lowest BCUT2D eigenvalue weighted by molar-refractivity contribution is -0.000111. The molecule has 1 aliphatic rings. The molecule has 10 heteroatoms. The number of rotatable bonds is 5. The van der Waals surface area contributed by atoms with Crippen molar-refractivity contribution in [3.63, 3.8) is 0 Å². The Hall–Kier alpha value is -1.19. The second kappa shape index (κ2) is 6.61. The number of benzene rings is 1. The summed E-state index contributed by atoms with van der Waals surface area (Å²) in [5.41, 5.74) is -1.17. The number of β-amino-alcohol motifs (C(OH)–C–C–N with tert-alkyl or cyclic N) is 1. The van der Waals surface area contributed by atoms with E-state index < -0.39 is 15.6 Å². The van der Waals surface area contributed by atoms with E-state index in [-0.39, 0.29) is 23.9 Å². The summed E-state index contributed by atoms with van der Waals surface area (Å²) in [6, 6.07) is 4.72. The van der Waals surface area contributed by atoms with Crippen molar-refractivity contribution in [1.82, 2.24) is 19.1 Å². The molecule has 1 saturated heterocycles. The molecular weight excluding hydrogens is 375 g/mol. The first-order valence-electron chi connectivity index (χ1n) is 7.28. The molecule has 3 rings (SSSR count). The van der Waals surface area contributed by atoms with E-state index in [2.05, 4.69) is 10.1 Å². The molecule has 1 N–H and O–H groups in total. The van der Waals surface area contributed by atoms with Crippen molar-refractivity contribution in [3.8, 4) is 0 Å². The molecule has 1 fully saturated rings. The maximum atomic E-state index is 12.1. The Balaban J connectivity index is 2.00. The van der Waals surface area contributed by atoms with Crippen molar-refractivity contribution in [2.24, 2.45) is 0 Å². The molecule has 1 aromatic carbocycles. The molecule has 7 nitrogen and oxygen atoms in total. The summed E-state index contributed by atoms with van der Waals surface area (Å²) in [5, 5.41) is 16.0. The van der Waals surface area contributed by atoms with E-state index in [1.165, 1.54) is 27.7 Å². The van der Waals surface area contributed by atoms with Crippen molar-refractivity contribution in [2.45, 2.75) is 18.6 Å². The van der Waals surface area contributed by atoms with Gasteiger partial charge in [-0.05, 0) is 18.6 Å². The fraction of sp³-hybridized carbons (Fsp3) is 0.429. The first-order valence-corrected chi connectivity index (χ1v) is 9.65. The van der Waals surface area contributed by atoms with Gasteiger partial charge in [-0.2, -0.15) is 9.40 Å². The summed E-state index contributed by atoms with van der Waals surface area (Å²) < 4.78 is 27.0. The monoisotopic (exact) mass is 390 g/mol. The fourth-order valence-electron chi connectivity index (χ4n) is 2.83. The quantitative estimate of drug-likeness (QED) is 0.835. The topological polar surface area (TPSA) is 88.3 Å². The smallest absolute Gasteiger partial charge is 0.214 e. The van der Waals surface area contributed by atoms with Crippen LogP contribution in [0.5, 0.6) is 0 Å². The van der Waals surface area contributed by atoms with Gasteiger partial charge in [0.2, 0.25) is 10.0 Å². The standard InChI is InChI=1S/C14H16Cl2N4O3S/c15-11-2-3-12(13(16)6-11)14(21,7-19-10-17-9-18-19)8-20-4-1-5-24(20,22)23/h2-3,6,9-10,21H,1,4-5,7-8H2. The molecule has 2 heterocycles. The number of hydrogen-bond donors (Lipinski definition) is 1. The number of aromatic nitrogens is 3. The van der Waals surface area contributed by atoms with E-state index in [9.17, 15) is 13.5 Å². The van der Waals surface area contributed by atoms with Crippen LogP contribution in [0.3, 0.4) is 0 Å². The molecule has 130 valence electrons. The third-order valence-electron chi connectivity index (χ3n) is 3.96. The van der Waals surface area contributed by atoms with E-state index in [4.69, 9.17) is 23.2 Å². The highest BCUT2D eigenvalue weighted by atomic mass is 35.5. The molecule has 0 bridgehead atoms. The molecule has 24 heavy (non-hydrogen) atoms. The minimum absolute atomic E-state index is 0.0143. The van der Waals surface area contributed by atoms with Crippen LogP contribution in [-0.4, -0.2) is 51.4 Å². The highest BCUT2D eigenvalue weighted by Gasteiger charge is 2.40. The Kier molecular flexibility index (Phi) is 4.85. The van der Waals surface area contributed by atoms with Crippen LogP contribution in [0.1, 0.15) is 12.0 Å². The molecule has 0 amide bonds. The normalized spacial score (nSPS) is 20.1. The van der Waals surface area contributed by atoms with Crippen LogP contribution in [0, 0.1) is 0 Å². The molecule has 0 spiro atoms. The largest absolute Gasteiger partial charge is 0.382 e. The Bertz CT molecular complexity index is 829. The molecule has 1 aliphatic heterocycles. The Morgan fingerprint density at radius 3 is 2.67 bits per heavy atom. The van der Waals surface area contributed by atoms with Crippen LogP contribution in [0.25, 0.3) is 0 Å². The van der Waals surface area contributed by atoms with Gasteiger partial charge in [0.15, 0.2) is 0 Å². The maximum Gasteiger partial charge on any atom is 0.214 e. The SMILES string of the molecule is O=S1(=O)CCCN1CC(O)(Cn1cncn1)c1ccc(Cl)cc1Cl. The van der Waals surface area contributed by atoms with Gasteiger partial charge < -0.3 is 5.11 Å². The minimum atomic E-state index is -3.37. The predicted octanol–water partition coefficient (Wildman–Crippen LogP) is 1.51. The number of aliphatic hydroxyl groups is 1. The van der Waals surface area contributed by atoms with Gasteiger partial charge in [-0.15, -0.1) is 0 Å². The van der Waals surface area contributed by atoms with Gasteiger partial charge in [0.1, 0.15) is 18.3 Å². The highest BCUT2D eigenvalue weighted by molar-refractivity contribution is 7.89. The third-order valence-corrected chi connectivity index (χ3v) is 6.41. The lowest BCUT2D eigenvalue weighted by Gasteiger charge is -2.32. The highest BCUT2D eigenvalue weighted by Crippen LogP contribution is 2.34. The summed E-state index contributed by atoms with van der Waals surface area (Å²) >= 11 is 12.2. The second-order valence-corrected chi connectivity index (χ2v) is 8.68. The second-order valence-electron chi connectivity index (χ2n) is 5.75. The van der Waals surface area contributed by atoms with Crippen LogP contribution in [0.15, 0.2) is 30.9 Å². The minimum Gasteiger partial charge on any atom is -0.382 e. The molecule has 0 aliphatic carbocycles. The molecule has 1 unspecified atom stereocenters. The predicted molar refractivity (Wildman–Crippen MR) is 90.4 cm³/mol. The number of sulfonamides is 1. The zero-order valence-corrected chi connectivity index (χ0v) is 15.0. The summed E-state index contributed by atoms with van der Waals surface area (Å²) in [6.07, 6.45) is 3.33. The van der Waals surface area contributed by atoms with Crippen molar-refractivity contribution in [3.05, 3.63) is 46.5 Å². The number of nitrogens with zero attached hydrogens (tertiary/aromatic N) is 4. The maximum absolute atomic E-state index is 12.1. The van der Waals surface area contributed by atoms with Crippen molar-refractivity contribution in [1.29, 1.82) is 0 Å². The van der Waals surface area contributed by atoms with Crippen molar-refractivity contribution < 1.29 is 13.5 Å². The summed E-state index contributed by atoms with van der Waals surface area (Å²) in [4.78, 5) is 3.85. The molecular formula is C14H16Cl2N4O3S. The zero-order valence-electron chi connectivity index (χ0n) is 12.6. The first kappa shape index (κ1) is 17.6. The van der Waals surface area contributed by atoms with Crippen molar-refractivity contribution >= 4 is 33.2 Å². The van der Waals surface area contributed by atoms with E-state index in [0.717, 1.165) is 0 Å². The molecule has 1 aromatic heterocycles. The lowest BCUT2D eigenvalue weighted by Crippen LogP contribution is -2.44. The van der Waals surface area contributed by atoms with Gasteiger partial charge in [0.05, 0.1) is 12.3 Å². The zero-order chi connectivity index (χ0) is 17.4. The lowest BCUT2D eigenvalue weighted by atomic mass is 9.93. The summed E-state index contributed by atoms with van der Waals surface area (Å²) in [5.74, 6) is 0.0841. The summed E-state index contributed by atoms with van der Waals surface area (Å²) in [7, 11) is -3.37. The van der Waals surface area contributed by atoms with Gasteiger partial charge in [-0.3, -0.25) is 0 Å². The number of halogens is 2. The van der Waals surface area contributed by atoms with Gasteiger partial charge in [0, 0.05) is 28.7 Å². The third kappa shape index (κ3) is 3.57. The Labute approximate surface area is 149 Å².